The van der Waals surface area contributed by atoms with Crippen LogP contribution in [0.2, 0.25) is 0 Å². The summed E-state index contributed by atoms with van der Waals surface area (Å²) in [7, 11) is 1.31. The minimum Gasteiger partial charge on any atom is -0.465 e. The minimum atomic E-state index is -0.508. The lowest BCUT2D eigenvalue weighted by Crippen LogP contribution is -2.38. The molecule has 3 aromatic rings. The number of nitrogens with one attached hydrogen (secondary N) is 1. The van der Waals surface area contributed by atoms with Gasteiger partial charge in [-0.2, -0.15) is 0 Å². The van der Waals surface area contributed by atoms with E-state index < -0.39 is 5.97 Å². The van der Waals surface area contributed by atoms with Gasteiger partial charge in [0.1, 0.15) is 6.54 Å². The molecule has 0 bridgehead atoms. The van der Waals surface area contributed by atoms with Crippen LogP contribution in [0.15, 0.2) is 76.5 Å². The maximum atomic E-state index is 13.5. The minimum absolute atomic E-state index is 0.197. The molecule has 0 fully saturated rings. The van der Waals surface area contributed by atoms with Crippen molar-refractivity contribution in [2.75, 3.05) is 23.9 Å². The highest BCUT2D eigenvalue weighted by Crippen LogP contribution is 2.41. The largest absolute Gasteiger partial charge is 0.465 e. The van der Waals surface area contributed by atoms with Crippen LogP contribution in [0.3, 0.4) is 0 Å². The summed E-state index contributed by atoms with van der Waals surface area (Å²) in [5, 5.41) is 2.87. The summed E-state index contributed by atoms with van der Waals surface area (Å²) in [4.78, 5) is 41.5. The molecule has 0 saturated carbocycles. The number of benzene rings is 3. The lowest BCUT2D eigenvalue weighted by molar-refractivity contribution is -0.114. The third-order valence-electron chi connectivity index (χ3n) is 5.42. The monoisotopic (exact) mass is 460 g/mol. The number of ether oxygens (including phenoxy) is 1. The van der Waals surface area contributed by atoms with Crippen molar-refractivity contribution in [3.05, 3.63) is 83.4 Å². The van der Waals surface area contributed by atoms with Crippen LogP contribution < -0.4 is 10.2 Å². The number of rotatable bonds is 5. The average molecular weight is 461 g/mol. The Morgan fingerprint density at radius 1 is 1.00 bits per heavy atom. The van der Waals surface area contributed by atoms with Crippen molar-refractivity contribution in [2.45, 2.75) is 29.6 Å². The van der Waals surface area contributed by atoms with Crippen molar-refractivity contribution < 1.29 is 19.1 Å². The van der Waals surface area contributed by atoms with E-state index >= 15 is 0 Å². The van der Waals surface area contributed by atoms with Gasteiger partial charge in [0.2, 0.25) is 5.91 Å². The van der Waals surface area contributed by atoms with Crippen molar-refractivity contribution >= 4 is 40.9 Å². The summed E-state index contributed by atoms with van der Waals surface area (Å²) >= 11 is 1.43. The molecule has 1 heterocycles. The van der Waals surface area contributed by atoms with E-state index in [0.29, 0.717) is 28.4 Å². The van der Waals surface area contributed by atoms with Gasteiger partial charge >= 0.3 is 5.97 Å². The molecule has 7 heteroatoms. The third-order valence-corrected chi connectivity index (χ3v) is 6.56. The van der Waals surface area contributed by atoms with Crippen molar-refractivity contribution in [1.82, 2.24) is 0 Å². The first-order chi connectivity index (χ1) is 15.9. The second-order valence-corrected chi connectivity index (χ2v) is 9.07. The molecule has 2 amide bonds. The Morgan fingerprint density at radius 3 is 2.42 bits per heavy atom. The van der Waals surface area contributed by atoms with Gasteiger partial charge in [-0.15, -0.1) is 0 Å². The van der Waals surface area contributed by atoms with E-state index in [4.69, 9.17) is 4.74 Å². The SMILES string of the molecule is COC(=O)c1ccc2c(c1)N(CC(=O)Nc1ccc(C(C)C)cc1)C(=O)c1ccccc1S2. The highest BCUT2D eigenvalue weighted by Gasteiger charge is 2.29. The first kappa shape index (κ1) is 22.6. The van der Waals surface area contributed by atoms with E-state index in [1.165, 1.54) is 29.3 Å². The van der Waals surface area contributed by atoms with Crippen LogP contribution >= 0.6 is 11.8 Å². The molecule has 0 spiro atoms. The van der Waals surface area contributed by atoms with Gasteiger partial charge in [-0.1, -0.05) is 49.9 Å². The lowest BCUT2D eigenvalue weighted by atomic mass is 10.0. The van der Waals surface area contributed by atoms with E-state index in [-0.39, 0.29) is 18.4 Å². The summed E-state index contributed by atoms with van der Waals surface area (Å²) in [6.07, 6.45) is 0. The fraction of sp³-hybridized carbons (Fsp3) is 0.192. The molecule has 1 aliphatic rings. The molecule has 0 radical (unpaired) electrons. The van der Waals surface area contributed by atoms with Crippen LogP contribution in [0.1, 0.15) is 46.0 Å². The molecule has 0 aromatic heterocycles. The molecule has 33 heavy (non-hydrogen) atoms. The number of nitrogens with zero attached hydrogens (tertiary/aromatic N) is 1. The number of methoxy groups -OCH3 is 1. The fourth-order valence-corrected chi connectivity index (χ4v) is 4.68. The normalized spacial score (nSPS) is 12.6. The van der Waals surface area contributed by atoms with Gasteiger partial charge in [-0.05, 0) is 53.9 Å². The third kappa shape index (κ3) is 4.78. The number of esters is 1. The number of amides is 2. The quantitative estimate of drug-likeness (QED) is 0.520. The smallest absolute Gasteiger partial charge is 0.337 e. The summed E-state index contributed by atoms with van der Waals surface area (Å²) < 4.78 is 4.84. The number of carbonyl (C=O) groups is 3. The van der Waals surface area contributed by atoms with Crippen LogP contribution in [-0.4, -0.2) is 31.4 Å². The highest BCUT2D eigenvalue weighted by molar-refractivity contribution is 7.99. The molecule has 0 atom stereocenters. The second kappa shape index (κ2) is 9.50. The zero-order chi connectivity index (χ0) is 23.5. The van der Waals surface area contributed by atoms with Gasteiger partial charge < -0.3 is 10.1 Å². The molecular formula is C26H24N2O4S. The Morgan fingerprint density at radius 2 is 1.73 bits per heavy atom. The zero-order valence-corrected chi connectivity index (χ0v) is 19.4. The predicted octanol–water partition coefficient (Wildman–Crippen LogP) is 5.35. The topological polar surface area (TPSA) is 75.7 Å². The van der Waals surface area contributed by atoms with Gasteiger partial charge in [-0.25, -0.2) is 4.79 Å². The molecule has 1 aliphatic heterocycles. The van der Waals surface area contributed by atoms with Crippen LogP contribution in [-0.2, 0) is 9.53 Å². The van der Waals surface area contributed by atoms with Gasteiger partial charge in [0.05, 0.1) is 23.9 Å². The number of carbonyl (C=O) groups excluding carboxylic acids is 3. The molecule has 0 saturated heterocycles. The van der Waals surface area contributed by atoms with E-state index in [2.05, 4.69) is 19.2 Å². The van der Waals surface area contributed by atoms with E-state index in [0.717, 1.165) is 9.79 Å². The lowest BCUT2D eigenvalue weighted by Gasteiger charge is -2.23. The van der Waals surface area contributed by atoms with Gasteiger partial charge in [0.25, 0.3) is 5.91 Å². The maximum absolute atomic E-state index is 13.5. The maximum Gasteiger partial charge on any atom is 0.337 e. The van der Waals surface area contributed by atoms with Crippen LogP contribution in [0.4, 0.5) is 11.4 Å². The molecule has 0 aliphatic carbocycles. The summed E-state index contributed by atoms with van der Waals surface area (Å²) in [6, 6.07) is 20.0. The summed E-state index contributed by atoms with van der Waals surface area (Å²) in [6.45, 7) is 4.01. The molecule has 0 unspecified atom stereocenters. The van der Waals surface area contributed by atoms with E-state index in [1.54, 1.807) is 30.3 Å². The van der Waals surface area contributed by atoms with Crippen LogP contribution in [0.25, 0.3) is 0 Å². The molecule has 3 aromatic carbocycles. The number of anilines is 2. The van der Waals surface area contributed by atoms with E-state index in [9.17, 15) is 14.4 Å². The average Bonchev–Trinajstić information content (AvgIpc) is 2.93. The van der Waals surface area contributed by atoms with Gasteiger partial charge in [-0.3, -0.25) is 14.5 Å². The van der Waals surface area contributed by atoms with Crippen LogP contribution in [0, 0.1) is 0 Å². The Balaban J connectivity index is 1.67. The molecule has 1 N–H and O–H groups in total. The second-order valence-electron chi connectivity index (χ2n) is 7.99. The fourth-order valence-electron chi connectivity index (χ4n) is 3.62. The predicted molar refractivity (Wildman–Crippen MR) is 129 cm³/mol. The van der Waals surface area contributed by atoms with Crippen molar-refractivity contribution in [1.29, 1.82) is 0 Å². The number of fused-ring (bicyclic) bond motifs is 2. The zero-order valence-electron chi connectivity index (χ0n) is 18.6. The van der Waals surface area contributed by atoms with E-state index in [1.807, 2.05) is 36.4 Å². The highest BCUT2D eigenvalue weighted by atomic mass is 32.2. The first-order valence-corrected chi connectivity index (χ1v) is 11.4. The molecule has 6 nitrogen and oxygen atoms in total. The molecule has 168 valence electrons. The van der Waals surface area contributed by atoms with Crippen LogP contribution in [0.5, 0.6) is 0 Å². The van der Waals surface area contributed by atoms with Crippen molar-refractivity contribution in [2.24, 2.45) is 0 Å². The summed E-state index contributed by atoms with van der Waals surface area (Å²) in [5.41, 5.74) is 3.14. The van der Waals surface area contributed by atoms with Crippen molar-refractivity contribution in [3.8, 4) is 0 Å². The van der Waals surface area contributed by atoms with Gasteiger partial charge in [0.15, 0.2) is 0 Å². The molecule has 4 rings (SSSR count). The number of hydrogen-bond donors (Lipinski definition) is 1. The van der Waals surface area contributed by atoms with Crippen molar-refractivity contribution in [3.63, 3.8) is 0 Å². The first-order valence-electron chi connectivity index (χ1n) is 10.6. The summed E-state index contributed by atoms with van der Waals surface area (Å²) in [5.74, 6) is -0.752. The Hall–Kier alpha value is -3.58. The van der Waals surface area contributed by atoms with Gasteiger partial charge in [0, 0.05) is 15.5 Å². The Labute approximate surface area is 196 Å². The Kier molecular flexibility index (Phi) is 6.51. The molecular weight excluding hydrogens is 436 g/mol. The number of hydrogen-bond acceptors (Lipinski definition) is 5. The standard InChI is InChI=1S/C26H24N2O4S/c1-16(2)17-8-11-19(12-9-17)27-24(29)15-28-21-14-18(26(31)32-3)10-13-23(21)33-22-7-5-4-6-20(22)25(28)30/h4-14,16H,15H2,1-3H3,(H,27,29). The Bertz CT molecular complexity index is 1220.